The van der Waals surface area contributed by atoms with Gasteiger partial charge < -0.3 is 4.74 Å². The number of pyridine rings is 1. The van der Waals surface area contributed by atoms with E-state index in [2.05, 4.69) is 18.1 Å². The molecule has 0 unspecified atom stereocenters. The highest BCUT2D eigenvalue weighted by atomic mass is 16.5. The van der Waals surface area contributed by atoms with Crippen molar-refractivity contribution in [2.24, 2.45) is 0 Å². The van der Waals surface area contributed by atoms with Crippen molar-refractivity contribution >= 4 is 5.57 Å². The van der Waals surface area contributed by atoms with Gasteiger partial charge in [-0.2, -0.15) is 0 Å². The summed E-state index contributed by atoms with van der Waals surface area (Å²) in [6.07, 6.45) is 7.02. The Kier molecular flexibility index (Phi) is 3.68. The molecular formula is C12H13NO. The minimum Gasteiger partial charge on any atom is -0.481 e. The van der Waals surface area contributed by atoms with Crippen molar-refractivity contribution in [3.05, 3.63) is 55.3 Å². The Morgan fingerprint density at radius 1 is 1.50 bits per heavy atom. The average molecular weight is 187 g/mol. The number of ether oxygens (including phenoxy) is 1. The Hall–Kier alpha value is -1.83. The first-order valence-electron chi connectivity index (χ1n) is 4.28. The van der Waals surface area contributed by atoms with Gasteiger partial charge in [0.05, 0.1) is 7.11 Å². The maximum absolute atomic E-state index is 5.14. The summed E-state index contributed by atoms with van der Waals surface area (Å²) in [7, 11) is 1.60. The third kappa shape index (κ3) is 2.10. The van der Waals surface area contributed by atoms with E-state index in [1.54, 1.807) is 25.5 Å². The van der Waals surface area contributed by atoms with Gasteiger partial charge in [-0.25, -0.2) is 4.98 Å². The molecule has 2 nitrogen and oxygen atoms in total. The van der Waals surface area contributed by atoms with Gasteiger partial charge in [0.15, 0.2) is 0 Å². The molecule has 2 heteroatoms. The van der Waals surface area contributed by atoms with Gasteiger partial charge in [0, 0.05) is 11.8 Å². The molecule has 1 rings (SSSR count). The maximum Gasteiger partial charge on any atom is 0.221 e. The second kappa shape index (κ2) is 5.02. The molecule has 72 valence electrons. The fraction of sp³-hybridized carbons (Fsp3) is 0.0833. The number of hydrogen-bond donors (Lipinski definition) is 0. The molecule has 0 bridgehead atoms. The molecule has 1 aromatic heterocycles. The van der Waals surface area contributed by atoms with E-state index in [1.165, 1.54) is 0 Å². The van der Waals surface area contributed by atoms with Gasteiger partial charge in [0.25, 0.3) is 0 Å². The van der Waals surface area contributed by atoms with Gasteiger partial charge in [-0.05, 0) is 17.7 Å². The summed E-state index contributed by atoms with van der Waals surface area (Å²) in [6, 6.07) is 3.79. The lowest BCUT2D eigenvalue weighted by atomic mass is 10.1. The lowest BCUT2D eigenvalue weighted by molar-refractivity contribution is 0.396. The maximum atomic E-state index is 5.14. The van der Waals surface area contributed by atoms with Crippen LogP contribution in [0.15, 0.2) is 49.7 Å². The predicted octanol–water partition coefficient (Wildman–Crippen LogP) is 2.85. The van der Waals surface area contributed by atoms with E-state index in [1.807, 2.05) is 18.2 Å². The van der Waals surface area contributed by atoms with Crippen molar-refractivity contribution in [2.45, 2.75) is 0 Å². The standard InChI is InChI=1S/C12H13NO/c1-4-7-10(5-2)11-8-6-9-13-12(11)14-3/h4-9H,1-2H2,3H3/b10-7+. The first-order valence-corrected chi connectivity index (χ1v) is 4.28. The molecule has 0 spiro atoms. The summed E-state index contributed by atoms with van der Waals surface area (Å²) < 4.78 is 5.14. The van der Waals surface area contributed by atoms with Crippen LogP contribution in [0.2, 0.25) is 0 Å². The molecule has 0 amide bonds. The van der Waals surface area contributed by atoms with E-state index in [4.69, 9.17) is 4.74 Å². The molecule has 0 aliphatic carbocycles. The summed E-state index contributed by atoms with van der Waals surface area (Å²) in [5.74, 6) is 0.598. The van der Waals surface area contributed by atoms with Gasteiger partial charge in [0.1, 0.15) is 0 Å². The zero-order valence-electron chi connectivity index (χ0n) is 8.23. The molecule has 14 heavy (non-hydrogen) atoms. The van der Waals surface area contributed by atoms with Crippen LogP contribution in [0.5, 0.6) is 5.88 Å². The number of methoxy groups -OCH3 is 1. The second-order valence-corrected chi connectivity index (χ2v) is 2.62. The Morgan fingerprint density at radius 3 is 2.86 bits per heavy atom. The summed E-state index contributed by atoms with van der Waals surface area (Å²) in [5.41, 5.74) is 1.87. The molecular weight excluding hydrogens is 174 g/mol. The highest BCUT2D eigenvalue weighted by molar-refractivity contribution is 5.77. The smallest absolute Gasteiger partial charge is 0.221 e. The molecule has 0 radical (unpaired) electrons. The number of nitrogens with zero attached hydrogens (tertiary/aromatic N) is 1. The summed E-state index contributed by atoms with van der Waals surface area (Å²) >= 11 is 0. The Morgan fingerprint density at radius 2 is 2.29 bits per heavy atom. The minimum absolute atomic E-state index is 0.598. The Balaban J connectivity index is 3.21. The van der Waals surface area contributed by atoms with E-state index in [9.17, 15) is 0 Å². The Labute approximate surface area is 84.3 Å². The fourth-order valence-electron chi connectivity index (χ4n) is 1.17. The van der Waals surface area contributed by atoms with Crippen LogP contribution >= 0.6 is 0 Å². The quantitative estimate of drug-likeness (QED) is 0.676. The van der Waals surface area contributed by atoms with Crippen molar-refractivity contribution in [1.82, 2.24) is 4.98 Å². The highest BCUT2D eigenvalue weighted by Crippen LogP contribution is 2.23. The zero-order valence-corrected chi connectivity index (χ0v) is 8.23. The third-order valence-electron chi connectivity index (χ3n) is 1.79. The normalized spacial score (nSPS) is 10.8. The molecule has 0 aromatic carbocycles. The molecule has 0 aliphatic heterocycles. The van der Waals surface area contributed by atoms with E-state index in [-0.39, 0.29) is 0 Å². The average Bonchev–Trinajstić information content (AvgIpc) is 2.26. The number of rotatable bonds is 4. The fourth-order valence-corrected chi connectivity index (χ4v) is 1.17. The van der Waals surface area contributed by atoms with Crippen molar-refractivity contribution < 1.29 is 4.74 Å². The second-order valence-electron chi connectivity index (χ2n) is 2.62. The van der Waals surface area contributed by atoms with Crippen LogP contribution in [0.3, 0.4) is 0 Å². The van der Waals surface area contributed by atoms with Crippen molar-refractivity contribution in [2.75, 3.05) is 7.11 Å². The van der Waals surface area contributed by atoms with E-state index in [0.717, 1.165) is 11.1 Å². The lowest BCUT2D eigenvalue weighted by Gasteiger charge is -2.06. The number of aromatic nitrogens is 1. The summed E-state index contributed by atoms with van der Waals surface area (Å²) in [5, 5.41) is 0. The SMILES string of the molecule is C=C/C=C(\C=C)c1cccnc1OC. The van der Waals surface area contributed by atoms with Crippen LogP contribution in [0.25, 0.3) is 5.57 Å². The molecule has 1 aromatic rings. The highest BCUT2D eigenvalue weighted by Gasteiger charge is 2.04. The Bertz CT molecular complexity index is 366. The van der Waals surface area contributed by atoms with Crippen molar-refractivity contribution in [1.29, 1.82) is 0 Å². The van der Waals surface area contributed by atoms with Crippen LogP contribution in [0.1, 0.15) is 5.56 Å². The van der Waals surface area contributed by atoms with E-state index in [0.29, 0.717) is 5.88 Å². The van der Waals surface area contributed by atoms with Crippen LogP contribution < -0.4 is 4.74 Å². The third-order valence-corrected chi connectivity index (χ3v) is 1.79. The van der Waals surface area contributed by atoms with Gasteiger partial charge in [-0.3, -0.25) is 0 Å². The molecule has 0 N–H and O–H groups in total. The van der Waals surface area contributed by atoms with Gasteiger partial charge in [0.2, 0.25) is 5.88 Å². The summed E-state index contributed by atoms with van der Waals surface area (Å²) in [4.78, 5) is 4.10. The molecule has 0 aliphatic rings. The minimum atomic E-state index is 0.598. The van der Waals surface area contributed by atoms with Crippen LogP contribution in [0.4, 0.5) is 0 Å². The van der Waals surface area contributed by atoms with Crippen LogP contribution in [-0.4, -0.2) is 12.1 Å². The van der Waals surface area contributed by atoms with E-state index < -0.39 is 0 Å². The van der Waals surface area contributed by atoms with E-state index >= 15 is 0 Å². The molecule has 0 saturated heterocycles. The van der Waals surface area contributed by atoms with Crippen LogP contribution in [0, 0.1) is 0 Å². The first kappa shape index (κ1) is 10.3. The predicted molar refractivity (Wildman–Crippen MR) is 59.2 cm³/mol. The molecule has 0 fully saturated rings. The van der Waals surface area contributed by atoms with Crippen molar-refractivity contribution in [3.63, 3.8) is 0 Å². The van der Waals surface area contributed by atoms with Gasteiger partial charge in [-0.1, -0.05) is 31.4 Å². The summed E-state index contributed by atoms with van der Waals surface area (Å²) in [6.45, 7) is 7.38. The topological polar surface area (TPSA) is 22.1 Å². The largest absolute Gasteiger partial charge is 0.481 e. The first-order chi connectivity index (χ1) is 6.83. The van der Waals surface area contributed by atoms with Crippen molar-refractivity contribution in [3.8, 4) is 5.88 Å². The molecule has 0 saturated carbocycles. The van der Waals surface area contributed by atoms with Gasteiger partial charge in [-0.15, -0.1) is 0 Å². The zero-order chi connectivity index (χ0) is 10.4. The molecule has 0 atom stereocenters. The van der Waals surface area contributed by atoms with Crippen LogP contribution in [-0.2, 0) is 0 Å². The number of allylic oxidation sites excluding steroid dienone is 4. The lowest BCUT2D eigenvalue weighted by Crippen LogP contribution is -1.92. The molecule has 1 heterocycles. The monoisotopic (exact) mass is 187 g/mol. The van der Waals surface area contributed by atoms with Gasteiger partial charge >= 0.3 is 0 Å². The number of hydrogen-bond acceptors (Lipinski definition) is 2.